The molecule has 2 N–H and O–H groups in total. The van der Waals surface area contributed by atoms with E-state index < -0.39 is 17.9 Å². The van der Waals surface area contributed by atoms with Crippen LogP contribution in [-0.4, -0.2) is 52.1 Å². The predicted molar refractivity (Wildman–Crippen MR) is 88.8 cm³/mol. The molecule has 8 nitrogen and oxygen atoms in total. The van der Waals surface area contributed by atoms with Crippen LogP contribution in [0.2, 0.25) is 0 Å². The zero-order valence-corrected chi connectivity index (χ0v) is 13.9. The van der Waals surface area contributed by atoms with Gasteiger partial charge in [-0.3, -0.25) is 9.59 Å². The molecule has 2 amide bonds. The fourth-order valence-electron chi connectivity index (χ4n) is 2.22. The highest BCUT2D eigenvalue weighted by Crippen LogP contribution is 2.20. The van der Waals surface area contributed by atoms with Crippen molar-refractivity contribution in [3.05, 3.63) is 42.2 Å². The van der Waals surface area contributed by atoms with E-state index in [9.17, 15) is 19.5 Å². The summed E-state index contributed by atoms with van der Waals surface area (Å²) in [5, 5.41) is 15.6. The van der Waals surface area contributed by atoms with Crippen LogP contribution in [0.1, 0.15) is 24.4 Å². The molecular weight excluding hydrogens is 326 g/mol. The molecule has 1 heterocycles. The molecule has 0 saturated heterocycles. The van der Waals surface area contributed by atoms with E-state index in [0.29, 0.717) is 5.69 Å². The molecule has 1 unspecified atom stereocenters. The van der Waals surface area contributed by atoms with Gasteiger partial charge in [0.05, 0.1) is 0 Å². The van der Waals surface area contributed by atoms with Crippen molar-refractivity contribution in [2.24, 2.45) is 0 Å². The highest BCUT2D eigenvalue weighted by molar-refractivity contribution is 5.95. The first-order chi connectivity index (χ1) is 11.9. The maximum absolute atomic E-state index is 12.6. The molecule has 0 saturated carbocycles. The van der Waals surface area contributed by atoms with E-state index in [-0.39, 0.29) is 24.8 Å². The lowest BCUT2D eigenvalue weighted by atomic mass is 10.1. The number of carboxylic acid groups (broad SMARTS) is 1. The Bertz CT molecular complexity index is 757. The molecule has 1 aromatic carbocycles. The van der Waals surface area contributed by atoms with Crippen molar-refractivity contribution in [1.82, 2.24) is 15.4 Å². The number of amides is 2. The summed E-state index contributed by atoms with van der Waals surface area (Å²) in [6.45, 7) is 2.91. The summed E-state index contributed by atoms with van der Waals surface area (Å²) in [4.78, 5) is 36.0. The number of rotatable bonds is 7. The van der Waals surface area contributed by atoms with Gasteiger partial charge in [0.25, 0.3) is 5.91 Å². The van der Waals surface area contributed by atoms with Crippen LogP contribution >= 0.6 is 0 Å². The van der Waals surface area contributed by atoms with Gasteiger partial charge in [-0.05, 0) is 6.92 Å². The van der Waals surface area contributed by atoms with Gasteiger partial charge in [-0.15, -0.1) is 0 Å². The molecule has 0 aliphatic rings. The minimum Gasteiger partial charge on any atom is -0.480 e. The first-order valence-electron chi connectivity index (χ1n) is 7.70. The lowest BCUT2D eigenvalue weighted by Gasteiger charge is -2.25. The Balaban J connectivity index is 2.19. The molecular formula is C17H19N3O5. The van der Waals surface area contributed by atoms with Crippen molar-refractivity contribution in [2.75, 3.05) is 13.1 Å². The van der Waals surface area contributed by atoms with Crippen molar-refractivity contribution >= 4 is 17.8 Å². The summed E-state index contributed by atoms with van der Waals surface area (Å²) in [6, 6.07) is 9.55. The Hall–Kier alpha value is -3.16. The molecule has 0 bridgehead atoms. The van der Waals surface area contributed by atoms with Gasteiger partial charge < -0.3 is 19.8 Å². The van der Waals surface area contributed by atoms with Crippen LogP contribution in [0.3, 0.4) is 0 Å². The van der Waals surface area contributed by atoms with Crippen LogP contribution in [0.4, 0.5) is 0 Å². The highest BCUT2D eigenvalue weighted by Gasteiger charge is 2.29. The fraction of sp³-hybridized carbons (Fsp3) is 0.294. The number of carboxylic acids is 1. The van der Waals surface area contributed by atoms with Gasteiger partial charge in [-0.1, -0.05) is 35.5 Å². The van der Waals surface area contributed by atoms with E-state index in [0.717, 1.165) is 10.5 Å². The summed E-state index contributed by atoms with van der Waals surface area (Å²) in [7, 11) is 0. The monoisotopic (exact) mass is 345 g/mol. The van der Waals surface area contributed by atoms with E-state index in [1.165, 1.54) is 19.9 Å². The van der Waals surface area contributed by atoms with E-state index in [2.05, 4.69) is 10.5 Å². The van der Waals surface area contributed by atoms with Crippen LogP contribution in [0.15, 0.2) is 40.9 Å². The summed E-state index contributed by atoms with van der Waals surface area (Å²) < 4.78 is 5.10. The normalized spacial score (nSPS) is 11.6. The summed E-state index contributed by atoms with van der Waals surface area (Å²) in [5.74, 6) is -2.08. The minimum atomic E-state index is -1.15. The molecule has 8 heteroatoms. The average molecular weight is 345 g/mol. The topological polar surface area (TPSA) is 113 Å². The van der Waals surface area contributed by atoms with Crippen LogP contribution in [0.25, 0.3) is 11.3 Å². The van der Waals surface area contributed by atoms with Crippen molar-refractivity contribution in [2.45, 2.75) is 19.9 Å². The van der Waals surface area contributed by atoms with Crippen molar-refractivity contribution in [3.8, 4) is 11.3 Å². The Labute approximate surface area is 144 Å². The third-order valence-electron chi connectivity index (χ3n) is 3.60. The summed E-state index contributed by atoms with van der Waals surface area (Å²) in [6.07, 6.45) is 0. The second-order valence-electron chi connectivity index (χ2n) is 5.44. The number of aromatic nitrogens is 1. The number of nitrogens with zero attached hydrogens (tertiary/aromatic N) is 2. The minimum absolute atomic E-state index is 0.0350. The smallest absolute Gasteiger partial charge is 0.326 e. The first kappa shape index (κ1) is 18.2. The molecule has 25 heavy (non-hydrogen) atoms. The van der Waals surface area contributed by atoms with Crippen molar-refractivity contribution in [3.63, 3.8) is 0 Å². The lowest BCUT2D eigenvalue weighted by molar-refractivity contribution is -0.141. The first-order valence-corrected chi connectivity index (χ1v) is 7.70. The van der Waals surface area contributed by atoms with Gasteiger partial charge >= 0.3 is 5.97 Å². The largest absolute Gasteiger partial charge is 0.480 e. The van der Waals surface area contributed by atoms with Crippen molar-refractivity contribution in [1.29, 1.82) is 0 Å². The zero-order valence-electron chi connectivity index (χ0n) is 13.9. The van der Waals surface area contributed by atoms with Crippen LogP contribution in [0, 0.1) is 0 Å². The maximum Gasteiger partial charge on any atom is 0.326 e. The molecule has 0 aliphatic heterocycles. The molecule has 0 fully saturated rings. The number of nitrogens with one attached hydrogen (secondary N) is 1. The number of carbonyl (C=O) groups is 3. The van der Waals surface area contributed by atoms with Gasteiger partial charge in [0.1, 0.15) is 11.7 Å². The molecule has 0 aliphatic carbocycles. The number of hydrogen-bond acceptors (Lipinski definition) is 5. The van der Waals surface area contributed by atoms with Crippen LogP contribution < -0.4 is 5.32 Å². The van der Waals surface area contributed by atoms with E-state index in [1.807, 2.05) is 30.3 Å². The highest BCUT2D eigenvalue weighted by atomic mass is 16.5. The maximum atomic E-state index is 12.6. The third-order valence-corrected chi connectivity index (χ3v) is 3.60. The van der Waals surface area contributed by atoms with Gasteiger partial charge in [0.2, 0.25) is 11.7 Å². The third kappa shape index (κ3) is 4.66. The SMILES string of the molecule is CC(=O)NCCN(C(=O)c1cc(-c2ccccc2)no1)C(C)C(=O)O. The molecule has 0 spiro atoms. The van der Waals surface area contributed by atoms with Gasteiger partial charge in [-0.2, -0.15) is 0 Å². The molecule has 132 valence electrons. The Morgan fingerprint density at radius 2 is 1.96 bits per heavy atom. The number of aliphatic carboxylic acids is 1. The molecule has 1 atom stereocenters. The van der Waals surface area contributed by atoms with E-state index >= 15 is 0 Å². The number of hydrogen-bond donors (Lipinski definition) is 2. The summed E-state index contributed by atoms with van der Waals surface area (Å²) >= 11 is 0. The Morgan fingerprint density at radius 3 is 2.56 bits per heavy atom. The Kier molecular flexibility index (Phi) is 5.89. The standard InChI is InChI=1S/C17H19N3O5/c1-11(17(23)24)20(9-8-18-12(2)21)16(22)15-10-14(19-25-15)13-6-4-3-5-7-13/h3-7,10-11H,8-9H2,1-2H3,(H,18,21)(H,23,24). The van der Waals surface area contributed by atoms with Crippen LogP contribution in [-0.2, 0) is 9.59 Å². The molecule has 2 rings (SSSR count). The zero-order chi connectivity index (χ0) is 18.4. The molecule has 0 radical (unpaired) electrons. The second-order valence-corrected chi connectivity index (χ2v) is 5.44. The quantitative estimate of drug-likeness (QED) is 0.784. The van der Waals surface area contributed by atoms with Crippen molar-refractivity contribution < 1.29 is 24.0 Å². The predicted octanol–water partition coefficient (Wildman–Crippen LogP) is 1.39. The fourth-order valence-corrected chi connectivity index (χ4v) is 2.22. The lowest BCUT2D eigenvalue weighted by Crippen LogP contribution is -2.46. The Morgan fingerprint density at radius 1 is 1.28 bits per heavy atom. The van der Waals surface area contributed by atoms with Gasteiger partial charge in [0.15, 0.2) is 0 Å². The molecule has 1 aromatic heterocycles. The van der Waals surface area contributed by atoms with Gasteiger partial charge in [-0.25, -0.2) is 4.79 Å². The number of carbonyl (C=O) groups excluding carboxylic acids is 2. The van der Waals surface area contributed by atoms with E-state index in [4.69, 9.17) is 4.52 Å². The van der Waals surface area contributed by atoms with Crippen LogP contribution in [0.5, 0.6) is 0 Å². The van der Waals surface area contributed by atoms with E-state index in [1.54, 1.807) is 0 Å². The molecule has 2 aromatic rings. The van der Waals surface area contributed by atoms with Gasteiger partial charge in [0, 0.05) is 31.6 Å². The second kappa shape index (κ2) is 8.09. The number of benzene rings is 1. The average Bonchev–Trinajstić information content (AvgIpc) is 3.08. The summed E-state index contributed by atoms with van der Waals surface area (Å²) in [5.41, 5.74) is 1.26.